The van der Waals surface area contributed by atoms with Gasteiger partial charge >= 0.3 is 0 Å². The number of rotatable bonds is 1. The highest BCUT2D eigenvalue weighted by Gasteiger charge is 2.09. The molecular weight excluding hydrogens is 162 g/mol. The molecule has 1 N–H and O–H groups in total. The van der Waals surface area contributed by atoms with Crippen LogP contribution in [0, 0.1) is 0 Å². The van der Waals surface area contributed by atoms with Crippen LogP contribution in [0.4, 0.5) is 5.69 Å². The first-order valence-electron chi connectivity index (χ1n) is 4.65. The van der Waals surface area contributed by atoms with E-state index in [9.17, 15) is 4.79 Å². The van der Waals surface area contributed by atoms with Crippen molar-refractivity contribution in [2.24, 2.45) is 0 Å². The van der Waals surface area contributed by atoms with Gasteiger partial charge < -0.3 is 5.32 Å². The monoisotopic (exact) mass is 175 g/mol. The summed E-state index contributed by atoms with van der Waals surface area (Å²) in [7, 11) is 0. The minimum atomic E-state index is 0.147. The van der Waals surface area contributed by atoms with E-state index in [1.54, 1.807) is 6.92 Å². The maximum Gasteiger partial charge on any atom is 0.159 e. The molecule has 68 valence electrons. The zero-order valence-corrected chi connectivity index (χ0v) is 7.76. The van der Waals surface area contributed by atoms with Crippen molar-refractivity contribution >= 4 is 11.5 Å². The molecule has 13 heavy (non-hydrogen) atoms. The molecule has 0 bridgehead atoms. The lowest BCUT2D eigenvalue weighted by molar-refractivity contribution is 0.101. The molecule has 0 aromatic heterocycles. The second-order valence-electron chi connectivity index (χ2n) is 3.46. The summed E-state index contributed by atoms with van der Waals surface area (Å²) in [6.45, 7) is 2.66. The van der Waals surface area contributed by atoms with E-state index in [4.69, 9.17) is 0 Å². The van der Waals surface area contributed by atoms with Crippen molar-refractivity contribution in [3.8, 4) is 0 Å². The van der Waals surface area contributed by atoms with Crippen LogP contribution in [0.15, 0.2) is 18.2 Å². The molecule has 0 amide bonds. The number of Topliss-reactive ketones (excluding diaryl/α,β-unsaturated/α-hetero) is 1. The number of hydrogen-bond acceptors (Lipinski definition) is 2. The zero-order chi connectivity index (χ0) is 9.26. The van der Waals surface area contributed by atoms with Crippen LogP contribution in [0.2, 0.25) is 0 Å². The Morgan fingerprint density at radius 2 is 2.31 bits per heavy atom. The van der Waals surface area contributed by atoms with Gasteiger partial charge in [-0.25, -0.2) is 0 Å². The average molecular weight is 175 g/mol. The van der Waals surface area contributed by atoms with Crippen LogP contribution in [-0.2, 0) is 6.42 Å². The van der Waals surface area contributed by atoms with Gasteiger partial charge in [-0.1, -0.05) is 0 Å². The third-order valence-corrected chi connectivity index (χ3v) is 2.45. The van der Waals surface area contributed by atoms with Crippen LogP contribution < -0.4 is 5.32 Å². The largest absolute Gasteiger partial charge is 0.385 e. The van der Waals surface area contributed by atoms with Crippen LogP contribution in [0.25, 0.3) is 0 Å². The first-order chi connectivity index (χ1) is 6.27. The average Bonchev–Trinajstić information content (AvgIpc) is 2.17. The van der Waals surface area contributed by atoms with Crippen molar-refractivity contribution in [3.05, 3.63) is 29.3 Å². The normalized spacial score (nSPS) is 14.5. The Labute approximate surface area is 78.0 Å². The molecule has 2 nitrogen and oxygen atoms in total. The van der Waals surface area contributed by atoms with Crippen LogP contribution >= 0.6 is 0 Å². The van der Waals surface area contributed by atoms with Crippen molar-refractivity contribution in [3.63, 3.8) is 0 Å². The van der Waals surface area contributed by atoms with E-state index in [0.717, 1.165) is 24.9 Å². The number of aryl methyl sites for hydroxylation is 1. The highest BCUT2D eigenvalue weighted by Crippen LogP contribution is 2.22. The molecule has 2 rings (SSSR count). The lowest BCUT2D eigenvalue weighted by Crippen LogP contribution is -2.12. The molecule has 2 heteroatoms. The van der Waals surface area contributed by atoms with Gasteiger partial charge in [0.25, 0.3) is 0 Å². The van der Waals surface area contributed by atoms with E-state index >= 15 is 0 Å². The highest BCUT2D eigenvalue weighted by molar-refractivity contribution is 5.94. The van der Waals surface area contributed by atoms with Gasteiger partial charge in [-0.15, -0.1) is 0 Å². The maximum absolute atomic E-state index is 11.1. The predicted octanol–water partition coefficient (Wildman–Crippen LogP) is 2.25. The van der Waals surface area contributed by atoms with E-state index in [-0.39, 0.29) is 5.78 Å². The Balaban J connectivity index is 2.40. The number of carbonyl (C=O) groups excluding carboxylic acids is 1. The van der Waals surface area contributed by atoms with Gasteiger partial charge in [0.05, 0.1) is 0 Å². The summed E-state index contributed by atoms with van der Waals surface area (Å²) in [6.07, 6.45) is 2.25. The van der Waals surface area contributed by atoms with E-state index in [1.807, 2.05) is 18.2 Å². The van der Waals surface area contributed by atoms with Crippen molar-refractivity contribution in [1.29, 1.82) is 0 Å². The number of carbonyl (C=O) groups is 1. The quantitative estimate of drug-likeness (QED) is 0.663. The van der Waals surface area contributed by atoms with Crippen molar-refractivity contribution in [2.75, 3.05) is 11.9 Å². The van der Waals surface area contributed by atoms with Crippen LogP contribution in [0.3, 0.4) is 0 Å². The molecule has 0 saturated carbocycles. The van der Waals surface area contributed by atoms with Gasteiger partial charge in [0.1, 0.15) is 0 Å². The van der Waals surface area contributed by atoms with Gasteiger partial charge in [0.15, 0.2) is 5.78 Å². The van der Waals surface area contributed by atoms with Gasteiger partial charge in [0.2, 0.25) is 0 Å². The number of nitrogens with one attached hydrogen (secondary N) is 1. The standard InChI is InChI=1S/C11H13NO/c1-8(13)9-4-5-11-10(7-9)3-2-6-12-11/h4-5,7,12H,2-3,6H2,1H3. The number of anilines is 1. The van der Waals surface area contributed by atoms with Crippen LogP contribution in [0.5, 0.6) is 0 Å². The Bertz CT molecular complexity index is 344. The molecular formula is C11H13NO. The zero-order valence-electron chi connectivity index (χ0n) is 7.76. The third-order valence-electron chi connectivity index (χ3n) is 2.45. The summed E-state index contributed by atoms with van der Waals surface area (Å²) in [6, 6.07) is 5.90. The molecule has 1 aliphatic rings. The Morgan fingerprint density at radius 1 is 1.46 bits per heavy atom. The molecule has 0 atom stereocenters. The van der Waals surface area contributed by atoms with Gasteiger partial charge in [-0.05, 0) is 43.5 Å². The van der Waals surface area contributed by atoms with Gasteiger partial charge in [0, 0.05) is 17.8 Å². The molecule has 0 radical (unpaired) electrons. The molecule has 1 aromatic rings. The van der Waals surface area contributed by atoms with Gasteiger partial charge in [-0.3, -0.25) is 4.79 Å². The Hall–Kier alpha value is -1.31. The van der Waals surface area contributed by atoms with Crippen molar-refractivity contribution in [1.82, 2.24) is 0 Å². The summed E-state index contributed by atoms with van der Waals surface area (Å²) >= 11 is 0. The minimum Gasteiger partial charge on any atom is -0.385 e. The maximum atomic E-state index is 11.1. The lowest BCUT2D eigenvalue weighted by Gasteiger charge is -2.18. The summed E-state index contributed by atoms with van der Waals surface area (Å²) < 4.78 is 0. The fourth-order valence-electron chi connectivity index (χ4n) is 1.69. The van der Waals surface area contributed by atoms with E-state index in [2.05, 4.69) is 5.32 Å². The van der Waals surface area contributed by atoms with Crippen LogP contribution in [-0.4, -0.2) is 12.3 Å². The molecule has 1 heterocycles. The molecule has 1 aromatic carbocycles. The van der Waals surface area contributed by atoms with E-state index in [0.29, 0.717) is 0 Å². The fraction of sp³-hybridized carbons (Fsp3) is 0.364. The van der Waals surface area contributed by atoms with Gasteiger partial charge in [-0.2, -0.15) is 0 Å². The number of ketones is 1. The molecule has 1 aliphatic heterocycles. The summed E-state index contributed by atoms with van der Waals surface area (Å²) in [5, 5.41) is 3.32. The summed E-state index contributed by atoms with van der Waals surface area (Å²) in [4.78, 5) is 11.1. The topological polar surface area (TPSA) is 29.1 Å². The molecule has 0 unspecified atom stereocenters. The molecule has 0 saturated heterocycles. The van der Waals surface area contributed by atoms with Crippen LogP contribution in [0.1, 0.15) is 29.3 Å². The van der Waals surface area contributed by atoms with Crippen molar-refractivity contribution in [2.45, 2.75) is 19.8 Å². The first kappa shape index (κ1) is 8.30. The molecule has 0 spiro atoms. The fourth-order valence-corrected chi connectivity index (χ4v) is 1.69. The number of hydrogen-bond donors (Lipinski definition) is 1. The SMILES string of the molecule is CC(=O)c1ccc2c(c1)CCCN2. The smallest absolute Gasteiger partial charge is 0.159 e. The lowest BCUT2D eigenvalue weighted by atomic mass is 9.99. The van der Waals surface area contributed by atoms with Crippen molar-refractivity contribution < 1.29 is 4.79 Å². The summed E-state index contributed by atoms with van der Waals surface area (Å²) in [5.74, 6) is 0.147. The number of benzene rings is 1. The van der Waals surface area contributed by atoms with E-state index < -0.39 is 0 Å². The third kappa shape index (κ3) is 1.57. The predicted molar refractivity (Wildman–Crippen MR) is 53.3 cm³/mol. The second-order valence-corrected chi connectivity index (χ2v) is 3.46. The molecule has 0 aliphatic carbocycles. The van der Waals surface area contributed by atoms with E-state index in [1.165, 1.54) is 11.3 Å². The molecule has 0 fully saturated rings. The first-order valence-corrected chi connectivity index (χ1v) is 4.65. The highest BCUT2D eigenvalue weighted by atomic mass is 16.1. The Morgan fingerprint density at radius 3 is 3.08 bits per heavy atom. The Kier molecular flexibility index (Phi) is 2.05. The minimum absolute atomic E-state index is 0.147. The summed E-state index contributed by atoms with van der Waals surface area (Å²) in [5.41, 5.74) is 3.29. The number of fused-ring (bicyclic) bond motifs is 1. The second kappa shape index (κ2) is 3.21.